The molecule has 0 aliphatic carbocycles. The highest BCUT2D eigenvalue weighted by atomic mass is 28.4. The van der Waals surface area contributed by atoms with Gasteiger partial charge < -0.3 is 17.1 Å². The Balaban J connectivity index is 2.34. The minimum absolute atomic E-state index is 0.151. The number of hydrogen-bond donors (Lipinski definition) is 0. The van der Waals surface area contributed by atoms with Gasteiger partial charge in [-0.15, -0.1) is 0 Å². The molecule has 138 valence electrons. The molecule has 4 nitrogen and oxygen atoms in total. The zero-order valence-electron chi connectivity index (χ0n) is 16.3. The maximum absolute atomic E-state index is 6.18. The first-order valence-electron chi connectivity index (χ1n) is 8.90. The van der Waals surface area contributed by atoms with E-state index in [4.69, 9.17) is 17.1 Å². The third kappa shape index (κ3) is 9.92. The minimum atomic E-state index is -1.51. The van der Waals surface area contributed by atoms with Gasteiger partial charge in [0.15, 0.2) is 9.04 Å². The lowest BCUT2D eigenvalue weighted by molar-refractivity contribution is 0.131. The summed E-state index contributed by atoms with van der Waals surface area (Å²) in [4.78, 5) is 0. The van der Waals surface area contributed by atoms with Crippen molar-refractivity contribution in [2.75, 3.05) is 0 Å². The summed E-state index contributed by atoms with van der Waals surface area (Å²) in [6, 6.07) is 9.59. The molecule has 0 heterocycles. The molecule has 0 spiro atoms. The Kier molecular flexibility index (Phi) is 9.71. The van der Waals surface area contributed by atoms with E-state index in [0.29, 0.717) is 0 Å². The van der Waals surface area contributed by atoms with Crippen LogP contribution in [0.25, 0.3) is 0 Å². The van der Waals surface area contributed by atoms with Crippen LogP contribution in [0, 0.1) is 0 Å². The van der Waals surface area contributed by atoms with Gasteiger partial charge in [-0.1, -0.05) is 18.7 Å². The van der Waals surface area contributed by atoms with Crippen LogP contribution >= 0.6 is 0 Å². The summed E-state index contributed by atoms with van der Waals surface area (Å²) in [5.74, 6) is 0.931. The highest BCUT2D eigenvalue weighted by molar-refractivity contribution is 6.67. The molecule has 0 radical (unpaired) electrons. The molecule has 1 rings (SSSR count). The summed E-state index contributed by atoms with van der Waals surface area (Å²) < 4.78 is 23.7. The molecule has 24 heavy (non-hydrogen) atoms. The van der Waals surface area contributed by atoms with Crippen molar-refractivity contribution in [3.8, 4) is 5.75 Å². The summed E-state index contributed by atoms with van der Waals surface area (Å²) in [6.07, 6.45) is 1.07. The number of rotatable bonds is 10. The molecular formula is C16H34O4Si4. The van der Waals surface area contributed by atoms with Gasteiger partial charge in [0.25, 0.3) is 18.6 Å². The highest BCUT2D eigenvalue weighted by Crippen LogP contribution is 2.19. The van der Waals surface area contributed by atoms with Crippen LogP contribution in [0.3, 0.4) is 0 Å². The molecule has 1 aromatic carbocycles. The van der Waals surface area contributed by atoms with Gasteiger partial charge in [0.05, 0.1) is 0 Å². The second kappa shape index (κ2) is 10.7. The largest absolute Gasteiger partial charge is 0.488 e. The van der Waals surface area contributed by atoms with E-state index in [0.717, 1.165) is 18.2 Å². The van der Waals surface area contributed by atoms with Gasteiger partial charge in [0.1, 0.15) is 21.1 Å². The lowest BCUT2D eigenvalue weighted by Gasteiger charge is -2.22. The van der Waals surface area contributed by atoms with Gasteiger partial charge in [-0.25, -0.2) is 0 Å². The normalized spacial score (nSPS) is 16.3. The third-order valence-electron chi connectivity index (χ3n) is 3.40. The van der Waals surface area contributed by atoms with Crippen molar-refractivity contribution in [3.63, 3.8) is 0 Å². The van der Waals surface area contributed by atoms with Crippen LogP contribution in [0.2, 0.25) is 32.2 Å². The van der Waals surface area contributed by atoms with E-state index >= 15 is 0 Å². The Bertz CT molecular complexity index is 464. The quantitative estimate of drug-likeness (QED) is 0.564. The van der Waals surface area contributed by atoms with Gasteiger partial charge >= 0.3 is 0 Å². The monoisotopic (exact) mass is 402 g/mol. The molecule has 0 aliphatic rings. The molecule has 0 aliphatic heterocycles. The topological polar surface area (TPSA) is 36.9 Å². The smallest absolute Gasteiger partial charge is 0.298 e. The van der Waals surface area contributed by atoms with Crippen molar-refractivity contribution < 1.29 is 17.1 Å². The second-order valence-electron chi connectivity index (χ2n) is 7.07. The van der Waals surface area contributed by atoms with E-state index in [1.54, 1.807) is 0 Å². The fraction of sp³-hybridized carbons (Fsp3) is 0.625. The fourth-order valence-electron chi connectivity index (χ4n) is 2.42. The van der Waals surface area contributed by atoms with E-state index in [9.17, 15) is 0 Å². The number of ether oxygens (including phenoxy) is 1. The van der Waals surface area contributed by atoms with Crippen LogP contribution in [0.5, 0.6) is 5.75 Å². The summed E-state index contributed by atoms with van der Waals surface area (Å²) in [5.41, 5.74) is 1.19. The Morgan fingerprint density at radius 2 is 1.58 bits per heavy atom. The molecule has 0 fully saturated rings. The predicted octanol–water partition coefficient (Wildman–Crippen LogP) is 2.64. The van der Waals surface area contributed by atoms with Gasteiger partial charge in [-0.2, -0.15) is 0 Å². The molecule has 0 saturated carbocycles. The van der Waals surface area contributed by atoms with Gasteiger partial charge in [-0.05, 0) is 70.6 Å². The molecule has 0 aromatic heterocycles. The van der Waals surface area contributed by atoms with E-state index in [-0.39, 0.29) is 15.4 Å². The maximum atomic E-state index is 6.18. The average molecular weight is 403 g/mol. The van der Waals surface area contributed by atoms with Gasteiger partial charge in [0, 0.05) is 0 Å². The second-order valence-corrected chi connectivity index (χ2v) is 15.6. The fourth-order valence-corrected chi connectivity index (χ4v) is 12.2. The molecule has 0 N–H and O–H groups in total. The van der Waals surface area contributed by atoms with Crippen molar-refractivity contribution in [2.24, 2.45) is 0 Å². The van der Waals surface area contributed by atoms with Gasteiger partial charge in [0.2, 0.25) is 0 Å². The summed E-state index contributed by atoms with van der Waals surface area (Å²) in [5, 5.41) is 0. The first-order chi connectivity index (χ1) is 11.2. The molecular weight excluding hydrogens is 369 g/mol. The van der Waals surface area contributed by atoms with Crippen molar-refractivity contribution in [2.45, 2.75) is 65.0 Å². The molecule has 0 saturated heterocycles. The van der Waals surface area contributed by atoms with Crippen LogP contribution < -0.4 is 4.74 Å². The molecule has 1 aromatic rings. The Labute approximate surface area is 155 Å². The lowest BCUT2D eigenvalue weighted by Crippen LogP contribution is -2.34. The van der Waals surface area contributed by atoms with Crippen molar-refractivity contribution in [1.29, 1.82) is 0 Å². The van der Waals surface area contributed by atoms with Crippen LogP contribution in [0.1, 0.15) is 26.3 Å². The van der Waals surface area contributed by atoms with Crippen LogP contribution in [-0.2, 0) is 18.8 Å². The van der Waals surface area contributed by atoms with Crippen LogP contribution in [-0.4, -0.2) is 43.0 Å². The van der Waals surface area contributed by atoms with Crippen LogP contribution in [0.15, 0.2) is 24.3 Å². The minimum Gasteiger partial charge on any atom is -0.488 e. The zero-order valence-corrected chi connectivity index (χ0v) is 21.2. The van der Waals surface area contributed by atoms with E-state index in [2.05, 4.69) is 71.2 Å². The molecule has 0 amide bonds. The maximum Gasteiger partial charge on any atom is 0.298 e. The lowest BCUT2D eigenvalue weighted by atomic mass is 10.1. The standard InChI is InChI=1S/C16H34O4Si4/c1-16(2,3)17-15-10-8-14(9-11-15)12-13-22(5)19-24(7)20-23(6)18-21-4/h8-11,22-24H,12-13,21H2,1-7H3. The summed E-state index contributed by atoms with van der Waals surface area (Å²) >= 11 is 0. The van der Waals surface area contributed by atoms with Crippen LogP contribution in [0.4, 0.5) is 0 Å². The first kappa shape index (κ1) is 21.8. The van der Waals surface area contributed by atoms with Crippen molar-refractivity contribution in [3.05, 3.63) is 29.8 Å². The number of benzene rings is 1. The van der Waals surface area contributed by atoms with E-state index < -0.39 is 27.6 Å². The van der Waals surface area contributed by atoms with Crippen molar-refractivity contribution >= 4 is 37.4 Å². The predicted molar refractivity (Wildman–Crippen MR) is 112 cm³/mol. The molecule has 0 bridgehead atoms. The SMILES string of the molecule is C[SiH2]O[SiH](C)O[SiH](C)O[SiH](C)CCc1ccc(OC(C)(C)C)cc1. The Hall–Kier alpha value is -0.232. The Morgan fingerprint density at radius 1 is 0.958 bits per heavy atom. The molecule has 3 atom stereocenters. The molecule has 3 unspecified atom stereocenters. The number of aryl methyl sites for hydroxylation is 1. The summed E-state index contributed by atoms with van der Waals surface area (Å²) in [6.45, 7) is 14.9. The van der Waals surface area contributed by atoms with E-state index in [1.807, 2.05) is 0 Å². The number of hydrogen-bond acceptors (Lipinski definition) is 4. The van der Waals surface area contributed by atoms with E-state index in [1.165, 1.54) is 5.56 Å². The molecule has 8 heteroatoms. The highest BCUT2D eigenvalue weighted by Gasteiger charge is 2.16. The average Bonchev–Trinajstić information content (AvgIpc) is 2.45. The Morgan fingerprint density at radius 3 is 2.12 bits per heavy atom. The van der Waals surface area contributed by atoms with Gasteiger partial charge in [-0.3, -0.25) is 0 Å². The summed E-state index contributed by atoms with van der Waals surface area (Å²) in [7, 11) is -4.45. The first-order valence-corrected chi connectivity index (χ1v) is 17.5. The zero-order chi connectivity index (χ0) is 18.2. The van der Waals surface area contributed by atoms with Crippen molar-refractivity contribution in [1.82, 2.24) is 0 Å². The third-order valence-corrected chi connectivity index (χ3v) is 14.2.